The summed E-state index contributed by atoms with van der Waals surface area (Å²) in [5.74, 6) is 1.66. The highest BCUT2D eigenvalue weighted by Crippen LogP contribution is 2.39. The summed E-state index contributed by atoms with van der Waals surface area (Å²) in [7, 11) is 0. The van der Waals surface area contributed by atoms with Crippen molar-refractivity contribution in [3.05, 3.63) is 59.5 Å². The van der Waals surface area contributed by atoms with Crippen LogP contribution in [0.15, 0.2) is 62.6 Å². The standard InChI is InChI=1S/C15H8O6/c1-8-17-11-4-2-9(6-13(11)18-8)19-10-3-5-12-14(7-10)21-15(16)20-12/h2-7H,1H2. The van der Waals surface area contributed by atoms with Crippen LogP contribution in [-0.4, -0.2) is 0 Å². The van der Waals surface area contributed by atoms with Gasteiger partial charge < -0.3 is 23.0 Å². The Kier molecular flexibility index (Phi) is 2.32. The molecular formula is C15H8O6. The van der Waals surface area contributed by atoms with Crippen LogP contribution in [0, 0.1) is 0 Å². The van der Waals surface area contributed by atoms with Gasteiger partial charge in [-0.1, -0.05) is 0 Å². The van der Waals surface area contributed by atoms with E-state index >= 15 is 0 Å². The maximum atomic E-state index is 11.0. The van der Waals surface area contributed by atoms with E-state index in [0.29, 0.717) is 34.2 Å². The molecule has 0 bridgehead atoms. The van der Waals surface area contributed by atoms with Crippen molar-refractivity contribution in [3.63, 3.8) is 0 Å². The van der Waals surface area contributed by atoms with Crippen molar-refractivity contribution in [1.29, 1.82) is 0 Å². The quantitative estimate of drug-likeness (QED) is 0.718. The van der Waals surface area contributed by atoms with Gasteiger partial charge in [-0.3, -0.25) is 0 Å². The van der Waals surface area contributed by atoms with Gasteiger partial charge in [0.25, 0.3) is 5.95 Å². The van der Waals surface area contributed by atoms with Crippen LogP contribution in [0.25, 0.3) is 11.2 Å². The Morgan fingerprint density at radius 2 is 1.57 bits per heavy atom. The van der Waals surface area contributed by atoms with E-state index in [1.807, 2.05) is 0 Å². The second kappa shape index (κ2) is 4.17. The van der Waals surface area contributed by atoms with Crippen molar-refractivity contribution < 1.29 is 23.0 Å². The van der Waals surface area contributed by atoms with E-state index in [9.17, 15) is 4.79 Å². The number of benzene rings is 2. The molecule has 3 aromatic rings. The molecule has 2 heterocycles. The zero-order valence-corrected chi connectivity index (χ0v) is 10.6. The SMILES string of the molecule is C=C1Oc2ccc(Oc3ccc4oc(=O)oc4c3)cc2O1. The Morgan fingerprint density at radius 1 is 0.857 bits per heavy atom. The number of hydrogen-bond acceptors (Lipinski definition) is 6. The van der Waals surface area contributed by atoms with Crippen LogP contribution in [0.5, 0.6) is 23.0 Å². The largest absolute Gasteiger partial charge is 0.519 e. The molecule has 0 radical (unpaired) electrons. The molecule has 2 aromatic carbocycles. The minimum atomic E-state index is -0.747. The lowest BCUT2D eigenvalue weighted by molar-refractivity contribution is 0.290. The lowest BCUT2D eigenvalue weighted by atomic mass is 10.3. The van der Waals surface area contributed by atoms with E-state index in [0.717, 1.165) is 0 Å². The fourth-order valence-corrected chi connectivity index (χ4v) is 2.03. The Balaban J connectivity index is 1.66. The van der Waals surface area contributed by atoms with E-state index in [1.54, 1.807) is 36.4 Å². The smallest absolute Gasteiger partial charge is 0.457 e. The monoisotopic (exact) mass is 284 g/mol. The summed E-state index contributed by atoms with van der Waals surface area (Å²) in [6.07, 6.45) is 0. The van der Waals surface area contributed by atoms with Gasteiger partial charge in [0.2, 0.25) is 0 Å². The Hall–Kier alpha value is -3.15. The molecular weight excluding hydrogens is 276 g/mol. The van der Waals surface area contributed by atoms with Crippen LogP contribution >= 0.6 is 0 Å². The molecule has 6 nitrogen and oxygen atoms in total. The van der Waals surface area contributed by atoms with Crippen molar-refractivity contribution in [2.45, 2.75) is 0 Å². The molecule has 0 atom stereocenters. The van der Waals surface area contributed by atoms with Gasteiger partial charge in [-0.15, -0.1) is 0 Å². The summed E-state index contributed by atoms with van der Waals surface area (Å²) in [4.78, 5) is 11.0. The minimum absolute atomic E-state index is 0.226. The summed E-state index contributed by atoms with van der Waals surface area (Å²) in [6.45, 7) is 3.58. The first-order valence-electron chi connectivity index (χ1n) is 6.07. The highest BCUT2D eigenvalue weighted by atomic mass is 16.7. The van der Waals surface area contributed by atoms with Gasteiger partial charge in [-0.2, -0.15) is 0 Å². The Bertz CT molecular complexity index is 917. The maximum Gasteiger partial charge on any atom is 0.519 e. The average molecular weight is 284 g/mol. The fourth-order valence-electron chi connectivity index (χ4n) is 2.03. The third-order valence-corrected chi connectivity index (χ3v) is 2.90. The molecule has 0 spiro atoms. The summed E-state index contributed by atoms with van der Waals surface area (Å²) in [5.41, 5.74) is 0.695. The highest BCUT2D eigenvalue weighted by Gasteiger charge is 2.18. The van der Waals surface area contributed by atoms with Crippen LogP contribution in [0.2, 0.25) is 0 Å². The van der Waals surface area contributed by atoms with E-state index < -0.39 is 5.82 Å². The van der Waals surface area contributed by atoms with Crippen LogP contribution in [-0.2, 0) is 0 Å². The molecule has 21 heavy (non-hydrogen) atoms. The van der Waals surface area contributed by atoms with E-state index in [4.69, 9.17) is 23.0 Å². The summed E-state index contributed by atoms with van der Waals surface area (Å²) in [5, 5.41) is 0. The number of hydrogen-bond donors (Lipinski definition) is 0. The summed E-state index contributed by atoms with van der Waals surface area (Å²) in [6, 6.07) is 9.98. The summed E-state index contributed by atoms with van der Waals surface area (Å²) < 4.78 is 25.9. The molecule has 4 rings (SSSR count). The number of fused-ring (bicyclic) bond motifs is 2. The van der Waals surface area contributed by atoms with Gasteiger partial charge in [-0.25, -0.2) is 4.79 Å². The normalized spacial score (nSPS) is 12.9. The molecule has 1 aliphatic heterocycles. The molecule has 104 valence electrons. The van der Waals surface area contributed by atoms with Crippen molar-refractivity contribution in [1.82, 2.24) is 0 Å². The molecule has 0 N–H and O–H groups in total. The molecule has 0 saturated heterocycles. The molecule has 6 heteroatoms. The fraction of sp³-hybridized carbons (Fsp3) is 0. The Morgan fingerprint density at radius 3 is 2.48 bits per heavy atom. The number of rotatable bonds is 2. The molecule has 0 aliphatic carbocycles. The Labute approximate surface area is 117 Å². The van der Waals surface area contributed by atoms with Crippen molar-refractivity contribution in [2.75, 3.05) is 0 Å². The first kappa shape index (κ1) is 11.7. The van der Waals surface area contributed by atoms with Gasteiger partial charge in [-0.05, 0) is 30.8 Å². The molecule has 0 amide bonds. The van der Waals surface area contributed by atoms with Crippen LogP contribution in [0.1, 0.15) is 0 Å². The van der Waals surface area contributed by atoms with E-state index in [-0.39, 0.29) is 5.95 Å². The highest BCUT2D eigenvalue weighted by molar-refractivity contribution is 5.71. The molecule has 0 unspecified atom stereocenters. The number of ether oxygens (including phenoxy) is 3. The molecule has 1 aliphatic rings. The van der Waals surface area contributed by atoms with Crippen molar-refractivity contribution >= 4 is 11.2 Å². The van der Waals surface area contributed by atoms with Gasteiger partial charge >= 0.3 is 5.82 Å². The average Bonchev–Trinajstić information content (AvgIpc) is 2.98. The third kappa shape index (κ3) is 2.02. The lowest BCUT2D eigenvalue weighted by Crippen LogP contribution is -1.88. The van der Waals surface area contributed by atoms with Crippen molar-refractivity contribution in [2.24, 2.45) is 0 Å². The minimum Gasteiger partial charge on any atom is -0.457 e. The zero-order valence-electron chi connectivity index (χ0n) is 10.6. The first-order chi connectivity index (χ1) is 10.2. The first-order valence-corrected chi connectivity index (χ1v) is 6.07. The predicted molar refractivity (Wildman–Crippen MR) is 71.7 cm³/mol. The van der Waals surface area contributed by atoms with Gasteiger partial charge in [0.15, 0.2) is 22.7 Å². The van der Waals surface area contributed by atoms with Gasteiger partial charge in [0.05, 0.1) is 0 Å². The van der Waals surface area contributed by atoms with E-state index in [2.05, 4.69) is 6.58 Å². The van der Waals surface area contributed by atoms with Crippen LogP contribution < -0.4 is 20.0 Å². The molecule has 0 saturated carbocycles. The maximum absolute atomic E-state index is 11.0. The van der Waals surface area contributed by atoms with Gasteiger partial charge in [0.1, 0.15) is 11.5 Å². The second-order valence-electron chi connectivity index (χ2n) is 4.35. The third-order valence-electron chi connectivity index (χ3n) is 2.90. The lowest BCUT2D eigenvalue weighted by Gasteiger charge is -2.05. The molecule has 0 fully saturated rings. The van der Waals surface area contributed by atoms with Crippen LogP contribution in [0.4, 0.5) is 0 Å². The second-order valence-corrected chi connectivity index (χ2v) is 4.35. The topological polar surface area (TPSA) is 71.0 Å². The summed E-state index contributed by atoms with van der Waals surface area (Å²) >= 11 is 0. The predicted octanol–water partition coefficient (Wildman–Crippen LogP) is 3.42. The van der Waals surface area contributed by atoms with Crippen molar-refractivity contribution in [3.8, 4) is 23.0 Å². The molecule has 1 aromatic heterocycles. The van der Waals surface area contributed by atoms with E-state index in [1.165, 1.54) is 0 Å². The zero-order chi connectivity index (χ0) is 14.4. The van der Waals surface area contributed by atoms with Gasteiger partial charge in [0, 0.05) is 12.1 Å². The van der Waals surface area contributed by atoms with Crippen LogP contribution in [0.3, 0.4) is 0 Å².